The second kappa shape index (κ2) is 3.48. The van der Waals surface area contributed by atoms with Gasteiger partial charge in [-0.05, 0) is 13.0 Å². The quantitative estimate of drug-likeness (QED) is 0.669. The summed E-state index contributed by atoms with van der Waals surface area (Å²) in [4.78, 5) is 24.9. The second-order valence-corrected chi connectivity index (χ2v) is 4.62. The normalized spacial score (nSPS) is 15.9. The molecule has 0 unspecified atom stereocenters. The molecular weight excluding hydrogens is 212 g/mol. The highest BCUT2D eigenvalue weighted by atomic mass is 32.1. The molecule has 0 atom stereocenters. The molecule has 1 saturated heterocycles. The standard InChI is InChI=1S/C10H8N2O2S/c1-6-2-7(4-11)10(15-6)12-5-8(13)3-9(12)14/h2H,3,5H2,1H3. The fourth-order valence-electron chi connectivity index (χ4n) is 1.55. The molecule has 1 aliphatic heterocycles. The molecule has 0 bridgehead atoms. The molecule has 4 nitrogen and oxygen atoms in total. The highest BCUT2D eigenvalue weighted by Gasteiger charge is 2.31. The Morgan fingerprint density at radius 1 is 1.53 bits per heavy atom. The summed E-state index contributed by atoms with van der Waals surface area (Å²) in [5.74, 6) is -0.298. The summed E-state index contributed by atoms with van der Waals surface area (Å²) in [6.45, 7) is 1.98. The molecule has 1 aromatic heterocycles. The van der Waals surface area contributed by atoms with Crippen molar-refractivity contribution >= 4 is 28.0 Å². The number of nitriles is 1. The van der Waals surface area contributed by atoms with Crippen molar-refractivity contribution in [2.24, 2.45) is 0 Å². The first kappa shape index (κ1) is 9.87. The van der Waals surface area contributed by atoms with E-state index < -0.39 is 0 Å². The molecule has 0 saturated carbocycles. The molecular formula is C10H8N2O2S. The Morgan fingerprint density at radius 2 is 2.27 bits per heavy atom. The van der Waals surface area contributed by atoms with Gasteiger partial charge in [-0.25, -0.2) is 0 Å². The number of aryl methyl sites for hydroxylation is 1. The van der Waals surface area contributed by atoms with Crippen molar-refractivity contribution in [3.05, 3.63) is 16.5 Å². The zero-order valence-electron chi connectivity index (χ0n) is 8.11. The number of carbonyl (C=O) groups excluding carboxylic acids is 2. The smallest absolute Gasteiger partial charge is 0.235 e. The van der Waals surface area contributed by atoms with Crippen LogP contribution in [0.25, 0.3) is 0 Å². The summed E-state index contributed by atoms with van der Waals surface area (Å²) in [7, 11) is 0. The van der Waals surface area contributed by atoms with E-state index in [1.807, 2.05) is 13.0 Å². The van der Waals surface area contributed by atoms with Crippen LogP contribution in [0.1, 0.15) is 16.9 Å². The van der Waals surface area contributed by atoms with E-state index in [1.165, 1.54) is 16.2 Å². The molecule has 1 fully saturated rings. The summed E-state index contributed by atoms with van der Waals surface area (Å²) in [6, 6.07) is 3.77. The molecule has 0 aromatic carbocycles. The SMILES string of the molecule is Cc1cc(C#N)c(N2CC(=O)CC2=O)s1. The summed E-state index contributed by atoms with van der Waals surface area (Å²) < 4.78 is 0. The van der Waals surface area contributed by atoms with Crippen molar-refractivity contribution in [2.45, 2.75) is 13.3 Å². The summed E-state index contributed by atoms with van der Waals surface area (Å²) in [5, 5.41) is 9.48. The van der Waals surface area contributed by atoms with E-state index in [4.69, 9.17) is 5.26 Å². The third-order valence-electron chi connectivity index (χ3n) is 2.19. The Kier molecular flexibility index (Phi) is 2.29. The van der Waals surface area contributed by atoms with Crippen molar-refractivity contribution in [1.82, 2.24) is 0 Å². The Hall–Kier alpha value is -1.67. The minimum absolute atomic E-state index is 0.0399. The molecule has 0 radical (unpaired) electrons. The molecule has 15 heavy (non-hydrogen) atoms. The van der Waals surface area contributed by atoms with Crippen LogP contribution in [-0.4, -0.2) is 18.2 Å². The molecule has 0 N–H and O–H groups in total. The van der Waals surface area contributed by atoms with Gasteiger partial charge in [0.25, 0.3) is 0 Å². The van der Waals surface area contributed by atoms with Crippen molar-refractivity contribution < 1.29 is 9.59 Å². The molecule has 1 amide bonds. The minimum atomic E-state index is -0.210. The number of hydrogen-bond acceptors (Lipinski definition) is 4. The van der Waals surface area contributed by atoms with E-state index in [9.17, 15) is 9.59 Å². The summed E-state index contributed by atoms with van der Waals surface area (Å²) >= 11 is 1.37. The van der Waals surface area contributed by atoms with Gasteiger partial charge in [0.2, 0.25) is 5.91 Å². The molecule has 1 aromatic rings. The van der Waals surface area contributed by atoms with Gasteiger partial charge in [-0.2, -0.15) is 5.26 Å². The molecule has 0 spiro atoms. The van der Waals surface area contributed by atoms with Gasteiger partial charge in [0.15, 0.2) is 5.78 Å². The van der Waals surface area contributed by atoms with Gasteiger partial charge in [0.05, 0.1) is 18.5 Å². The number of nitrogens with zero attached hydrogens (tertiary/aromatic N) is 2. The Bertz CT molecular complexity index is 484. The van der Waals surface area contributed by atoms with Crippen LogP contribution in [0.15, 0.2) is 6.07 Å². The lowest BCUT2D eigenvalue weighted by atomic mass is 10.3. The van der Waals surface area contributed by atoms with Gasteiger partial charge in [-0.1, -0.05) is 0 Å². The topological polar surface area (TPSA) is 61.2 Å². The molecule has 76 valence electrons. The van der Waals surface area contributed by atoms with E-state index in [1.54, 1.807) is 6.07 Å². The minimum Gasteiger partial charge on any atom is -0.297 e. The van der Waals surface area contributed by atoms with Crippen LogP contribution in [-0.2, 0) is 9.59 Å². The summed E-state index contributed by atoms with van der Waals surface area (Å²) in [5.41, 5.74) is 0.473. The first-order chi connectivity index (χ1) is 7.11. The number of rotatable bonds is 1. The zero-order chi connectivity index (χ0) is 11.0. The maximum Gasteiger partial charge on any atom is 0.235 e. The molecule has 1 aliphatic rings. The van der Waals surface area contributed by atoms with Crippen LogP contribution in [0, 0.1) is 18.3 Å². The van der Waals surface area contributed by atoms with Gasteiger partial charge in [0, 0.05) is 4.88 Å². The van der Waals surface area contributed by atoms with Gasteiger partial charge in [-0.15, -0.1) is 11.3 Å². The average Bonchev–Trinajstić information content (AvgIpc) is 2.69. The molecule has 5 heteroatoms. The van der Waals surface area contributed by atoms with E-state index in [0.717, 1.165) is 4.88 Å². The first-order valence-electron chi connectivity index (χ1n) is 4.44. The first-order valence-corrected chi connectivity index (χ1v) is 5.26. The van der Waals surface area contributed by atoms with Gasteiger partial charge in [0.1, 0.15) is 11.1 Å². The van der Waals surface area contributed by atoms with Gasteiger partial charge < -0.3 is 0 Å². The van der Waals surface area contributed by atoms with Gasteiger partial charge in [-0.3, -0.25) is 14.5 Å². The number of amides is 1. The number of ketones is 1. The van der Waals surface area contributed by atoms with Crippen molar-refractivity contribution in [3.8, 4) is 6.07 Å². The number of Topliss-reactive ketones (excluding diaryl/α,β-unsaturated/α-hetero) is 1. The summed E-state index contributed by atoms with van der Waals surface area (Å²) in [6.07, 6.45) is -0.0399. The number of thiophene rings is 1. The lowest BCUT2D eigenvalue weighted by Gasteiger charge is -2.11. The maximum absolute atomic E-state index is 11.5. The fourth-order valence-corrected chi connectivity index (χ4v) is 2.52. The average molecular weight is 220 g/mol. The fraction of sp³-hybridized carbons (Fsp3) is 0.300. The number of anilines is 1. The van der Waals surface area contributed by atoms with E-state index >= 15 is 0 Å². The Balaban J connectivity index is 2.42. The molecule has 2 rings (SSSR count). The lowest BCUT2D eigenvalue weighted by Crippen LogP contribution is -2.24. The van der Waals surface area contributed by atoms with Crippen molar-refractivity contribution in [3.63, 3.8) is 0 Å². The monoisotopic (exact) mass is 220 g/mol. The van der Waals surface area contributed by atoms with E-state index in [-0.39, 0.29) is 24.7 Å². The maximum atomic E-state index is 11.5. The predicted molar refractivity (Wildman–Crippen MR) is 55.7 cm³/mol. The zero-order valence-corrected chi connectivity index (χ0v) is 8.93. The lowest BCUT2D eigenvalue weighted by molar-refractivity contribution is -0.121. The van der Waals surface area contributed by atoms with Crippen LogP contribution in [0.5, 0.6) is 0 Å². The third kappa shape index (κ3) is 1.64. The van der Waals surface area contributed by atoms with Crippen molar-refractivity contribution in [1.29, 1.82) is 5.26 Å². The number of carbonyl (C=O) groups is 2. The highest BCUT2D eigenvalue weighted by molar-refractivity contribution is 7.16. The second-order valence-electron chi connectivity index (χ2n) is 3.38. The van der Waals surface area contributed by atoms with Crippen LogP contribution >= 0.6 is 11.3 Å². The highest BCUT2D eigenvalue weighted by Crippen LogP contribution is 2.32. The molecule has 2 heterocycles. The van der Waals surface area contributed by atoms with Crippen LogP contribution in [0.2, 0.25) is 0 Å². The van der Waals surface area contributed by atoms with Crippen LogP contribution in [0.4, 0.5) is 5.00 Å². The van der Waals surface area contributed by atoms with Crippen molar-refractivity contribution in [2.75, 3.05) is 11.4 Å². The predicted octanol–water partition coefficient (Wildman–Crippen LogP) is 1.23. The largest absolute Gasteiger partial charge is 0.297 e. The van der Waals surface area contributed by atoms with Crippen LogP contribution < -0.4 is 4.90 Å². The van der Waals surface area contributed by atoms with Crippen LogP contribution in [0.3, 0.4) is 0 Å². The van der Waals surface area contributed by atoms with E-state index in [2.05, 4.69) is 0 Å². The van der Waals surface area contributed by atoms with Gasteiger partial charge >= 0.3 is 0 Å². The molecule has 0 aliphatic carbocycles. The third-order valence-corrected chi connectivity index (χ3v) is 3.26. The Labute approximate surface area is 90.7 Å². The number of hydrogen-bond donors (Lipinski definition) is 0. The van der Waals surface area contributed by atoms with E-state index in [0.29, 0.717) is 10.6 Å². The Morgan fingerprint density at radius 3 is 2.80 bits per heavy atom.